The van der Waals surface area contributed by atoms with E-state index in [-0.39, 0.29) is 42.7 Å². The standard InChI is InChI=1S/C55H74F2N8O17/c1-27-44(69)48(73)49(74)55(77-27)82-50-37(64-22-35(59-61-64)31-11-6-13-33(56)20-31)17-30(26-76-54-47(72)43(45(70)40(24-66)81-54)65-23-36(60-62-65)32-12-7-14-34(57)21-32)19-38(50)79-53-42(58-28(2)68)51(46(71)41(25-67)80-53)78-39(52(75)63-15-8-16-63)18-29-9-4-3-5-10-29/h6-7,11-14,20-23,27,29-30,37-51,53-55,66-67,69-74H,3-5,8-10,15-19,24-26H2,1-2H3,(H,58,68)/t27?,30?,37?,38-,39+,40?,41?,42?,43?,44-,45-,46+,47?,48?,49?,50?,51?,53-,54+,55+/m1/s1. The Hall–Kier alpha value is -5.08. The predicted octanol–water partition coefficient (Wildman–Crippen LogP) is 0.267. The summed E-state index contributed by atoms with van der Waals surface area (Å²) < 4.78 is 76.7. The molecule has 0 spiro atoms. The van der Waals surface area contributed by atoms with Gasteiger partial charge in [0, 0.05) is 31.1 Å². The van der Waals surface area contributed by atoms with Crippen LogP contribution in [0.5, 0.6) is 0 Å². The monoisotopic (exact) mass is 1160 g/mol. The number of hydrogen-bond donors (Lipinski definition) is 9. The van der Waals surface area contributed by atoms with Crippen molar-refractivity contribution < 1.29 is 92.4 Å². The van der Waals surface area contributed by atoms with E-state index in [0.717, 1.165) is 38.5 Å². The zero-order valence-corrected chi connectivity index (χ0v) is 45.4. The van der Waals surface area contributed by atoms with Crippen LogP contribution in [0.3, 0.4) is 0 Å². The van der Waals surface area contributed by atoms with E-state index in [2.05, 4.69) is 25.9 Å². The topological polar surface area (TPSA) is 337 Å². The molecule has 2 aromatic heterocycles. The first-order valence-electron chi connectivity index (χ1n) is 28.2. The molecule has 0 radical (unpaired) electrons. The van der Waals surface area contributed by atoms with Crippen molar-refractivity contribution >= 4 is 11.8 Å². The van der Waals surface area contributed by atoms with Crippen LogP contribution in [0.25, 0.3) is 22.5 Å². The minimum atomic E-state index is -1.83. The summed E-state index contributed by atoms with van der Waals surface area (Å²) in [6.07, 6.45) is -14.7. The van der Waals surface area contributed by atoms with Crippen molar-refractivity contribution in [1.82, 2.24) is 40.2 Å². The summed E-state index contributed by atoms with van der Waals surface area (Å²) in [5.74, 6) is -2.47. The number of rotatable bonds is 19. The number of aliphatic hydroxyl groups is 8. The number of carbonyl (C=O) groups excluding carboxylic acids is 2. The fourth-order valence-electron chi connectivity index (χ4n) is 12.2. The lowest BCUT2D eigenvalue weighted by Gasteiger charge is -2.49. The largest absolute Gasteiger partial charge is 0.394 e. The molecule has 25 nitrogen and oxygen atoms in total. The first-order chi connectivity index (χ1) is 39.5. The number of likely N-dealkylation sites (tertiary alicyclic amines) is 1. The number of amides is 2. The first kappa shape index (κ1) is 60.1. The molecule has 2 saturated carbocycles. The highest BCUT2D eigenvalue weighted by atomic mass is 19.1. The maximum atomic E-state index is 14.7. The number of aromatic nitrogens is 6. The number of carbonyl (C=O) groups is 2. The van der Waals surface area contributed by atoms with Gasteiger partial charge in [-0.25, -0.2) is 18.1 Å². The molecule has 20 atom stereocenters. The van der Waals surface area contributed by atoms with E-state index in [4.69, 9.17) is 33.2 Å². The van der Waals surface area contributed by atoms with Crippen molar-refractivity contribution in [2.24, 2.45) is 11.8 Å². The summed E-state index contributed by atoms with van der Waals surface area (Å²) in [5, 5.41) is 110. The number of nitrogens with one attached hydrogen (secondary N) is 1. The molecule has 450 valence electrons. The van der Waals surface area contributed by atoms with Crippen LogP contribution >= 0.6 is 0 Å². The van der Waals surface area contributed by atoms with Crippen molar-refractivity contribution in [2.45, 2.75) is 188 Å². The number of hydrogen-bond acceptors (Lipinski definition) is 21. The molecule has 2 aromatic carbocycles. The lowest BCUT2D eigenvalue weighted by atomic mass is 9.81. The Bertz CT molecular complexity index is 2760. The zero-order chi connectivity index (χ0) is 57.9. The van der Waals surface area contributed by atoms with Gasteiger partial charge in [0.25, 0.3) is 5.91 Å². The van der Waals surface area contributed by atoms with Gasteiger partial charge in [-0.3, -0.25) is 9.59 Å². The van der Waals surface area contributed by atoms with Gasteiger partial charge in [-0.1, -0.05) is 66.8 Å². The lowest BCUT2D eigenvalue weighted by molar-refractivity contribution is -0.339. The summed E-state index contributed by atoms with van der Waals surface area (Å²) >= 11 is 0. The summed E-state index contributed by atoms with van der Waals surface area (Å²) in [7, 11) is 0. The summed E-state index contributed by atoms with van der Waals surface area (Å²) in [4.78, 5) is 29.2. The zero-order valence-electron chi connectivity index (χ0n) is 45.4. The molecule has 10 rings (SSSR count). The Balaban J connectivity index is 0.999. The number of aliphatic hydroxyl groups excluding tert-OH is 8. The van der Waals surface area contributed by atoms with Gasteiger partial charge < -0.3 is 84.2 Å². The second-order valence-corrected chi connectivity index (χ2v) is 22.5. The van der Waals surface area contributed by atoms with Gasteiger partial charge in [-0.15, -0.1) is 10.2 Å². The first-order valence-corrected chi connectivity index (χ1v) is 28.2. The molecule has 4 aromatic rings. The smallest absolute Gasteiger partial charge is 0.251 e. The Labute approximate surface area is 471 Å². The Morgan fingerprint density at radius 1 is 0.707 bits per heavy atom. The quantitative estimate of drug-likeness (QED) is 0.0608. The van der Waals surface area contributed by atoms with Crippen molar-refractivity contribution in [3.63, 3.8) is 0 Å². The molecule has 0 bridgehead atoms. The Kier molecular flexibility index (Phi) is 19.4. The van der Waals surface area contributed by atoms with E-state index in [1.54, 1.807) is 17.0 Å². The molecule has 9 N–H and O–H groups in total. The van der Waals surface area contributed by atoms with Gasteiger partial charge in [-0.05, 0) is 68.7 Å². The third-order valence-corrected chi connectivity index (χ3v) is 16.8. The molecular weight excluding hydrogens is 1080 g/mol. The van der Waals surface area contributed by atoms with Crippen molar-refractivity contribution in [1.29, 1.82) is 0 Å². The fourth-order valence-corrected chi connectivity index (χ4v) is 12.2. The summed E-state index contributed by atoms with van der Waals surface area (Å²) in [5.41, 5.74) is 1.19. The summed E-state index contributed by atoms with van der Waals surface area (Å²) in [6.45, 7) is 2.02. The molecule has 4 aliphatic heterocycles. The highest BCUT2D eigenvalue weighted by molar-refractivity contribution is 5.81. The molecule has 6 heterocycles. The molecule has 12 unspecified atom stereocenters. The third kappa shape index (κ3) is 13.2. The number of ether oxygens (including phenoxy) is 7. The van der Waals surface area contributed by atoms with E-state index in [9.17, 15) is 59.2 Å². The maximum Gasteiger partial charge on any atom is 0.251 e. The van der Waals surface area contributed by atoms with Gasteiger partial charge in [0.05, 0.1) is 50.5 Å². The van der Waals surface area contributed by atoms with Crippen LogP contribution < -0.4 is 5.32 Å². The van der Waals surface area contributed by atoms with Crippen LogP contribution in [0, 0.1) is 23.5 Å². The molecule has 6 aliphatic rings. The van der Waals surface area contributed by atoms with Crippen molar-refractivity contribution in [3.05, 3.63) is 72.6 Å². The lowest BCUT2D eigenvalue weighted by Crippen LogP contribution is -2.67. The van der Waals surface area contributed by atoms with E-state index in [1.165, 1.54) is 72.0 Å². The van der Waals surface area contributed by atoms with Gasteiger partial charge in [0.2, 0.25) is 5.91 Å². The summed E-state index contributed by atoms with van der Waals surface area (Å²) in [6, 6.07) is 7.54. The molecule has 82 heavy (non-hydrogen) atoms. The van der Waals surface area contributed by atoms with Gasteiger partial charge in [-0.2, -0.15) is 0 Å². The van der Waals surface area contributed by atoms with Crippen LogP contribution in [0.2, 0.25) is 0 Å². The Morgan fingerprint density at radius 3 is 1.96 bits per heavy atom. The predicted molar refractivity (Wildman–Crippen MR) is 278 cm³/mol. The molecule has 27 heteroatoms. The molecule has 4 saturated heterocycles. The van der Waals surface area contributed by atoms with E-state index in [0.29, 0.717) is 30.6 Å². The van der Waals surface area contributed by atoms with Crippen LogP contribution in [0.4, 0.5) is 8.78 Å². The van der Waals surface area contributed by atoms with Gasteiger partial charge in [0.1, 0.15) is 102 Å². The van der Waals surface area contributed by atoms with E-state index in [1.807, 2.05) is 0 Å². The van der Waals surface area contributed by atoms with E-state index < -0.39 is 153 Å². The van der Waals surface area contributed by atoms with Crippen molar-refractivity contribution in [2.75, 3.05) is 32.9 Å². The van der Waals surface area contributed by atoms with Crippen molar-refractivity contribution in [3.8, 4) is 22.5 Å². The maximum absolute atomic E-state index is 14.7. The van der Waals surface area contributed by atoms with E-state index >= 15 is 0 Å². The molecule has 2 aliphatic carbocycles. The third-order valence-electron chi connectivity index (χ3n) is 16.8. The highest BCUT2D eigenvalue weighted by Crippen LogP contribution is 2.42. The molecule has 2 amide bonds. The SMILES string of the molecule is CC(=O)NC1C(O[C@@H](CC2CCCCC2)C(=O)N2CCC2)[C@@H](O)C(CO)O[C@H]1O[C@@H]1CC(CO[C@H]2OC(CO)[C@@H](O)C(n3cc(-c4cccc(F)c4)nn3)C2O)CC(n2cc(-c3cccc(F)c3)nn2)C1O[C@@H]1OC(C)[C@@H](O)C(O)C1O. The second-order valence-electron chi connectivity index (χ2n) is 22.5. The minimum absolute atomic E-state index is 0.0587. The molecule has 6 fully saturated rings. The fraction of sp³-hybridized carbons (Fsp3) is 0.673. The number of halogens is 2. The average molecular weight is 1160 g/mol. The minimum Gasteiger partial charge on any atom is -0.394 e. The Morgan fingerprint density at radius 2 is 1.34 bits per heavy atom. The van der Waals surface area contributed by atoms with Crippen LogP contribution in [-0.2, 0) is 42.7 Å². The highest BCUT2D eigenvalue weighted by Gasteiger charge is 2.54. The number of benzene rings is 2. The number of nitrogens with zero attached hydrogens (tertiary/aromatic N) is 7. The second kappa shape index (κ2) is 26.5. The van der Waals surface area contributed by atoms with Crippen LogP contribution in [-0.4, -0.2) is 225 Å². The average Bonchev–Trinajstić information content (AvgIpc) is 3.75. The van der Waals surface area contributed by atoms with Gasteiger partial charge >= 0.3 is 0 Å². The molecular formula is C55H74F2N8O17. The van der Waals surface area contributed by atoms with Crippen LogP contribution in [0.1, 0.15) is 83.7 Å². The van der Waals surface area contributed by atoms with Crippen LogP contribution in [0.15, 0.2) is 60.9 Å². The van der Waals surface area contributed by atoms with Gasteiger partial charge in [0.15, 0.2) is 18.9 Å². The normalized spacial score (nSPS) is 35.9.